The van der Waals surface area contributed by atoms with Crippen LogP contribution in [0.5, 0.6) is 0 Å². The molecule has 0 heterocycles. The molecule has 0 aliphatic heterocycles. The second-order valence-corrected chi connectivity index (χ2v) is 5.91. The number of hydrogen-bond acceptors (Lipinski definition) is 1. The predicted octanol–water partition coefficient (Wildman–Crippen LogP) is 5.82. The van der Waals surface area contributed by atoms with E-state index in [2.05, 4.69) is 21.2 Å². The van der Waals surface area contributed by atoms with Crippen LogP contribution in [0.2, 0.25) is 10.0 Å². The van der Waals surface area contributed by atoms with Crippen LogP contribution in [0.4, 0.5) is 10.1 Å². The first-order valence-electron chi connectivity index (χ1n) is 5.61. The molecule has 0 bridgehead atoms. The molecule has 1 nitrogen and oxygen atoms in total. The maximum Gasteiger partial charge on any atom is 0.126 e. The van der Waals surface area contributed by atoms with Gasteiger partial charge in [0.1, 0.15) is 5.82 Å². The predicted molar refractivity (Wildman–Crippen MR) is 82.6 cm³/mol. The van der Waals surface area contributed by atoms with Gasteiger partial charge in [-0.15, -0.1) is 0 Å². The summed E-state index contributed by atoms with van der Waals surface area (Å²) in [7, 11) is 0. The Hall–Kier alpha value is -0.770. The number of rotatable bonds is 3. The molecule has 0 aliphatic rings. The van der Waals surface area contributed by atoms with E-state index in [0.29, 0.717) is 27.8 Å². The molecule has 0 amide bonds. The van der Waals surface area contributed by atoms with Gasteiger partial charge in [0.15, 0.2) is 0 Å². The lowest BCUT2D eigenvalue weighted by Crippen LogP contribution is -2.01. The molecule has 1 N–H and O–H groups in total. The van der Waals surface area contributed by atoms with E-state index in [4.69, 9.17) is 23.2 Å². The zero-order valence-corrected chi connectivity index (χ0v) is 13.2. The molecule has 0 saturated carbocycles. The van der Waals surface area contributed by atoms with Crippen LogP contribution in [0.25, 0.3) is 0 Å². The largest absolute Gasteiger partial charge is 0.379 e. The maximum absolute atomic E-state index is 13.2. The van der Waals surface area contributed by atoms with Crippen molar-refractivity contribution in [1.82, 2.24) is 0 Å². The molecule has 0 spiro atoms. The van der Waals surface area contributed by atoms with Crippen LogP contribution < -0.4 is 5.32 Å². The van der Waals surface area contributed by atoms with Crippen LogP contribution in [-0.4, -0.2) is 0 Å². The molecule has 0 fully saturated rings. The van der Waals surface area contributed by atoms with Gasteiger partial charge in [-0.3, -0.25) is 0 Å². The Morgan fingerprint density at radius 3 is 2.37 bits per heavy atom. The van der Waals surface area contributed by atoms with Gasteiger partial charge in [-0.05, 0) is 36.2 Å². The third-order valence-electron chi connectivity index (χ3n) is 2.70. The summed E-state index contributed by atoms with van der Waals surface area (Å²) in [5.74, 6) is -0.205. The molecule has 0 atom stereocenters. The van der Waals surface area contributed by atoms with E-state index < -0.39 is 0 Å². The standard InChI is InChI=1S/C14H11BrCl2FN/c1-8-4-9(2-3-13(8)18)7-19-14-11(16)5-10(15)6-12(14)17/h2-6,19H,7H2,1H3. The first kappa shape index (κ1) is 14.6. The summed E-state index contributed by atoms with van der Waals surface area (Å²) < 4.78 is 14.0. The molecular formula is C14H11BrCl2FN. The van der Waals surface area contributed by atoms with Crippen LogP contribution in [0.1, 0.15) is 11.1 Å². The van der Waals surface area contributed by atoms with Gasteiger partial charge in [0.25, 0.3) is 0 Å². The highest BCUT2D eigenvalue weighted by molar-refractivity contribution is 9.10. The van der Waals surface area contributed by atoms with E-state index in [1.807, 2.05) is 0 Å². The number of anilines is 1. The molecule has 0 aliphatic carbocycles. The minimum absolute atomic E-state index is 0.205. The van der Waals surface area contributed by atoms with E-state index in [1.54, 1.807) is 31.2 Å². The molecule has 0 saturated heterocycles. The molecule has 0 radical (unpaired) electrons. The number of nitrogens with one attached hydrogen (secondary N) is 1. The molecule has 2 aromatic carbocycles. The van der Waals surface area contributed by atoms with Gasteiger partial charge in [0, 0.05) is 11.0 Å². The van der Waals surface area contributed by atoms with Gasteiger partial charge < -0.3 is 5.32 Å². The highest BCUT2D eigenvalue weighted by Crippen LogP contribution is 2.34. The molecule has 2 aromatic rings. The molecular weight excluding hydrogens is 352 g/mol. The highest BCUT2D eigenvalue weighted by Gasteiger charge is 2.07. The van der Waals surface area contributed by atoms with Crippen molar-refractivity contribution >= 4 is 44.8 Å². The first-order valence-corrected chi connectivity index (χ1v) is 7.15. The van der Waals surface area contributed by atoms with Crippen molar-refractivity contribution in [1.29, 1.82) is 0 Å². The summed E-state index contributed by atoms with van der Waals surface area (Å²) in [5, 5.41) is 4.24. The van der Waals surface area contributed by atoms with Gasteiger partial charge in [-0.2, -0.15) is 0 Å². The summed E-state index contributed by atoms with van der Waals surface area (Å²) in [6, 6.07) is 8.52. The van der Waals surface area contributed by atoms with Crippen molar-refractivity contribution < 1.29 is 4.39 Å². The second-order valence-electron chi connectivity index (χ2n) is 4.18. The topological polar surface area (TPSA) is 12.0 Å². The summed E-state index contributed by atoms with van der Waals surface area (Å²) in [5.41, 5.74) is 2.26. The Balaban J connectivity index is 2.16. The lowest BCUT2D eigenvalue weighted by molar-refractivity contribution is 0.617. The number of aryl methyl sites for hydroxylation is 1. The first-order chi connectivity index (χ1) is 8.97. The van der Waals surface area contributed by atoms with Crippen molar-refractivity contribution in [3.63, 3.8) is 0 Å². The van der Waals surface area contributed by atoms with Crippen LogP contribution in [0.3, 0.4) is 0 Å². The molecule has 100 valence electrons. The normalized spacial score (nSPS) is 10.6. The van der Waals surface area contributed by atoms with Gasteiger partial charge >= 0.3 is 0 Å². The fraction of sp³-hybridized carbons (Fsp3) is 0.143. The van der Waals surface area contributed by atoms with Gasteiger partial charge in [-0.25, -0.2) is 4.39 Å². The Morgan fingerprint density at radius 2 is 1.79 bits per heavy atom. The minimum Gasteiger partial charge on any atom is -0.379 e. The molecule has 2 rings (SSSR count). The van der Waals surface area contributed by atoms with Gasteiger partial charge in [0.2, 0.25) is 0 Å². The Morgan fingerprint density at radius 1 is 1.16 bits per heavy atom. The summed E-state index contributed by atoms with van der Waals surface area (Å²) in [6.45, 7) is 2.26. The van der Waals surface area contributed by atoms with Crippen LogP contribution >= 0.6 is 39.1 Å². The van der Waals surface area contributed by atoms with Crippen LogP contribution in [0, 0.1) is 12.7 Å². The monoisotopic (exact) mass is 361 g/mol. The van der Waals surface area contributed by atoms with Crippen molar-refractivity contribution in [3.8, 4) is 0 Å². The fourth-order valence-corrected chi connectivity index (χ4v) is 3.06. The van der Waals surface area contributed by atoms with E-state index in [-0.39, 0.29) is 5.82 Å². The smallest absolute Gasteiger partial charge is 0.126 e. The SMILES string of the molecule is Cc1cc(CNc2c(Cl)cc(Br)cc2Cl)ccc1F. The van der Waals surface area contributed by atoms with Crippen molar-refractivity contribution in [3.05, 3.63) is 61.8 Å². The quantitative estimate of drug-likeness (QED) is 0.725. The van der Waals surface area contributed by atoms with Crippen molar-refractivity contribution in [2.45, 2.75) is 13.5 Å². The Labute approximate surface area is 129 Å². The number of halogens is 4. The van der Waals surface area contributed by atoms with Gasteiger partial charge in [-0.1, -0.05) is 51.3 Å². The minimum atomic E-state index is -0.205. The zero-order valence-electron chi connectivity index (χ0n) is 10.1. The lowest BCUT2D eigenvalue weighted by Gasteiger charge is -2.11. The Kier molecular flexibility index (Phi) is 4.71. The second kappa shape index (κ2) is 6.12. The number of benzene rings is 2. The third-order valence-corrected chi connectivity index (χ3v) is 3.75. The van der Waals surface area contributed by atoms with Gasteiger partial charge in [0.05, 0.1) is 15.7 Å². The summed E-state index contributed by atoms with van der Waals surface area (Å²) in [6.07, 6.45) is 0. The average molecular weight is 363 g/mol. The fourth-order valence-electron chi connectivity index (χ4n) is 1.72. The average Bonchev–Trinajstić information content (AvgIpc) is 2.32. The molecule has 19 heavy (non-hydrogen) atoms. The van der Waals surface area contributed by atoms with Crippen molar-refractivity contribution in [2.75, 3.05) is 5.32 Å². The van der Waals surface area contributed by atoms with Crippen molar-refractivity contribution in [2.24, 2.45) is 0 Å². The third kappa shape index (κ3) is 3.62. The van der Waals surface area contributed by atoms with E-state index >= 15 is 0 Å². The molecule has 0 aromatic heterocycles. The highest BCUT2D eigenvalue weighted by atomic mass is 79.9. The Bertz CT molecular complexity index is 593. The van der Waals surface area contributed by atoms with Crippen LogP contribution in [0.15, 0.2) is 34.8 Å². The summed E-state index contributed by atoms with van der Waals surface area (Å²) >= 11 is 15.6. The zero-order chi connectivity index (χ0) is 14.0. The summed E-state index contributed by atoms with van der Waals surface area (Å²) in [4.78, 5) is 0. The van der Waals surface area contributed by atoms with E-state index in [1.165, 1.54) is 6.07 Å². The lowest BCUT2D eigenvalue weighted by atomic mass is 10.1. The van der Waals surface area contributed by atoms with Crippen LogP contribution in [-0.2, 0) is 6.54 Å². The maximum atomic E-state index is 13.2. The van der Waals surface area contributed by atoms with E-state index in [0.717, 1.165) is 10.0 Å². The van der Waals surface area contributed by atoms with E-state index in [9.17, 15) is 4.39 Å². The number of hydrogen-bond donors (Lipinski definition) is 1. The molecule has 0 unspecified atom stereocenters. The molecule has 5 heteroatoms.